The molecule has 0 saturated heterocycles. The average molecular weight is 270 g/mol. The van der Waals surface area contributed by atoms with E-state index in [4.69, 9.17) is 4.74 Å². The van der Waals surface area contributed by atoms with E-state index in [2.05, 4.69) is 9.97 Å². The summed E-state index contributed by atoms with van der Waals surface area (Å²) in [5, 5.41) is 0. The molecule has 0 aliphatic carbocycles. The molecular weight excluding hydrogens is 252 g/mol. The van der Waals surface area contributed by atoms with E-state index in [1.54, 1.807) is 12.4 Å². The smallest absolute Gasteiger partial charge is 0.306 e. The summed E-state index contributed by atoms with van der Waals surface area (Å²) in [7, 11) is 0. The third kappa shape index (κ3) is 3.88. The van der Waals surface area contributed by atoms with Crippen LogP contribution in [-0.4, -0.2) is 22.5 Å². The highest BCUT2D eigenvalue weighted by Crippen LogP contribution is 2.17. The summed E-state index contributed by atoms with van der Waals surface area (Å²) in [5.74, 6) is -0.167. The normalized spacial score (nSPS) is 10.3. The second-order valence-electron chi connectivity index (χ2n) is 4.57. The Labute approximate surface area is 118 Å². The molecule has 0 spiro atoms. The summed E-state index contributed by atoms with van der Waals surface area (Å²) in [5.41, 5.74) is 3.89. The van der Waals surface area contributed by atoms with Crippen molar-refractivity contribution in [1.82, 2.24) is 9.97 Å². The monoisotopic (exact) mass is 270 g/mol. The third-order valence-corrected chi connectivity index (χ3v) is 2.93. The molecule has 0 aliphatic heterocycles. The van der Waals surface area contributed by atoms with Crippen LogP contribution in [0.3, 0.4) is 0 Å². The lowest BCUT2D eigenvalue weighted by Crippen LogP contribution is -2.05. The lowest BCUT2D eigenvalue weighted by molar-refractivity contribution is -0.143. The van der Waals surface area contributed by atoms with Crippen LogP contribution in [0.1, 0.15) is 24.5 Å². The van der Waals surface area contributed by atoms with Gasteiger partial charge >= 0.3 is 5.97 Å². The van der Waals surface area contributed by atoms with E-state index in [9.17, 15) is 4.79 Å². The van der Waals surface area contributed by atoms with E-state index in [0.29, 0.717) is 19.4 Å². The summed E-state index contributed by atoms with van der Waals surface area (Å²) in [6.07, 6.45) is 4.57. The van der Waals surface area contributed by atoms with Gasteiger partial charge in [0.1, 0.15) is 0 Å². The van der Waals surface area contributed by atoms with Crippen LogP contribution in [0.5, 0.6) is 0 Å². The number of nitrogens with zero attached hydrogens (tertiary/aromatic N) is 2. The fourth-order valence-corrected chi connectivity index (χ4v) is 1.93. The Kier molecular flexibility index (Phi) is 4.82. The maximum absolute atomic E-state index is 11.4. The number of rotatable bonds is 5. The van der Waals surface area contributed by atoms with Crippen molar-refractivity contribution in [3.8, 4) is 11.4 Å². The number of hydrogen-bond donors (Lipinski definition) is 0. The van der Waals surface area contributed by atoms with Crippen molar-refractivity contribution in [2.45, 2.75) is 26.7 Å². The SMILES string of the molecule is CCOC(=O)CCc1ccnc(-c2cc(C)ccn2)c1. The van der Waals surface area contributed by atoms with Gasteiger partial charge in [0.15, 0.2) is 0 Å². The first-order valence-electron chi connectivity index (χ1n) is 6.72. The predicted molar refractivity (Wildman–Crippen MR) is 77.2 cm³/mol. The third-order valence-electron chi connectivity index (χ3n) is 2.93. The first-order valence-corrected chi connectivity index (χ1v) is 6.72. The number of pyridine rings is 2. The van der Waals surface area contributed by atoms with E-state index in [1.807, 2.05) is 38.1 Å². The van der Waals surface area contributed by atoms with Crippen molar-refractivity contribution >= 4 is 5.97 Å². The number of hydrogen-bond acceptors (Lipinski definition) is 4. The van der Waals surface area contributed by atoms with Gasteiger partial charge in [0.2, 0.25) is 0 Å². The molecule has 2 heterocycles. The second-order valence-corrected chi connectivity index (χ2v) is 4.57. The van der Waals surface area contributed by atoms with Crippen molar-refractivity contribution in [2.75, 3.05) is 6.61 Å². The van der Waals surface area contributed by atoms with Gasteiger partial charge in [-0.1, -0.05) is 0 Å². The van der Waals surface area contributed by atoms with E-state index in [0.717, 1.165) is 22.5 Å². The number of ether oxygens (including phenoxy) is 1. The Morgan fingerprint density at radius 3 is 2.55 bits per heavy atom. The highest BCUT2D eigenvalue weighted by Gasteiger charge is 2.05. The lowest BCUT2D eigenvalue weighted by atomic mass is 10.1. The highest BCUT2D eigenvalue weighted by atomic mass is 16.5. The molecule has 104 valence electrons. The largest absolute Gasteiger partial charge is 0.466 e. The van der Waals surface area contributed by atoms with Crippen LogP contribution < -0.4 is 0 Å². The molecule has 0 saturated carbocycles. The van der Waals surface area contributed by atoms with Gasteiger partial charge in [-0.15, -0.1) is 0 Å². The fourth-order valence-electron chi connectivity index (χ4n) is 1.93. The quantitative estimate of drug-likeness (QED) is 0.784. The van der Waals surface area contributed by atoms with Gasteiger partial charge < -0.3 is 4.74 Å². The molecule has 0 radical (unpaired) electrons. The number of aryl methyl sites for hydroxylation is 2. The van der Waals surface area contributed by atoms with Gasteiger partial charge in [0.25, 0.3) is 0 Å². The van der Waals surface area contributed by atoms with Gasteiger partial charge in [-0.3, -0.25) is 14.8 Å². The van der Waals surface area contributed by atoms with Crippen molar-refractivity contribution in [3.05, 3.63) is 47.8 Å². The molecule has 20 heavy (non-hydrogen) atoms. The second kappa shape index (κ2) is 6.80. The molecule has 0 atom stereocenters. The van der Waals surface area contributed by atoms with Gasteiger partial charge in [-0.25, -0.2) is 0 Å². The van der Waals surface area contributed by atoms with Crippen LogP contribution in [0.15, 0.2) is 36.7 Å². The van der Waals surface area contributed by atoms with Gasteiger partial charge in [-0.05, 0) is 55.7 Å². The molecule has 0 aromatic carbocycles. The first kappa shape index (κ1) is 14.2. The zero-order valence-electron chi connectivity index (χ0n) is 11.8. The summed E-state index contributed by atoms with van der Waals surface area (Å²) in [6, 6.07) is 7.84. The van der Waals surface area contributed by atoms with Crippen LogP contribution in [0.25, 0.3) is 11.4 Å². The summed E-state index contributed by atoms with van der Waals surface area (Å²) in [6.45, 7) is 4.26. The van der Waals surface area contributed by atoms with Gasteiger partial charge in [0.05, 0.1) is 18.0 Å². The van der Waals surface area contributed by atoms with Crippen LogP contribution in [0.2, 0.25) is 0 Å². The van der Waals surface area contributed by atoms with Crippen molar-refractivity contribution in [3.63, 3.8) is 0 Å². The Morgan fingerprint density at radius 2 is 1.85 bits per heavy atom. The summed E-state index contributed by atoms with van der Waals surface area (Å²) in [4.78, 5) is 20.0. The Balaban J connectivity index is 2.10. The number of carbonyl (C=O) groups is 1. The molecular formula is C16H18N2O2. The highest BCUT2D eigenvalue weighted by molar-refractivity contribution is 5.69. The number of esters is 1. The van der Waals surface area contributed by atoms with Crippen LogP contribution in [0, 0.1) is 6.92 Å². The maximum atomic E-state index is 11.4. The predicted octanol–water partition coefficient (Wildman–Crippen LogP) is 2.95. The molecule has 0 fully saturated rings. The average Bonchev–Trinajstić information content (AvgIpc) is 2.46. The van der Waals surface area contributed by atoms with Crippen LogP contribution in [0.4, 0.5) is 0 Å². The van der Waals surface area contributed by atoms with E-state index < -0.39 is 0 Å². The van der Waals surface area contributed by atoms with Crippen molar-refractivity contribution in [2.24, 2.45) is 0 Å². The topological polar surface area (TPSA) is 52.1 Å². The van der Waals surface area contributed by atoms with Crippen molar-refractivity contribution in [1.29, 1.82) is 0 Å². The fraction of sp³-hybridized carbons (Fsp3) is 0.312. The standard InChI is InChI=1S/C16H18N2O2/c1-3-20-16(19)5-4-13-7-9-18-15(11-13)14-10-12(2)6-8-17-14/h6-11H,3-5H2,1-2H3. The minimum atomic E-state index is -0.167. The zero-order valence-corrected chi connectivity index (χ0v) is 11.8. The first-order chi connectivity index (χ1) is 9.69. The van der Waals surface area contributed by atoms with E-state index in [-0.39, 0.29) is 5.97 Å². The Morgan fingerprint density at radius 1 is 1.15 bits per heavy atom. The zero-order chi connectivity index (χ0) is 14.4. The molecule has 4 nitrogen and oxygen atoms in total. The molecule has 0 unspecified atom stereocenters. The van der Waals surface area contributed by atoms with Gasteiger partial charge in [0, 0.05) is 18.8 Å². The lowest BCUT2D eigenvalue weighted by Gasteiger charge is -2.05. The molecule has 0 amide bonds. The molecule has 2 aromatic heterocycles. The Bertz CT molecular complexity index is 597. The molecule has 4 heteroatoms. The van der Waals surface area contributed by atoms with E-state index in [1.165, 1.54) is 0 Å². The van der Waals surface area contributed by atoms with E-state index >= 15 is 0 Å². The van der Waals surface area contributed by atoms with Crippen LogP contribution >= 0.6 is 0 Å². The minimum absolute atomic E-state index is 0.167. The molecule has 0 aliphatic rings. The van der Waals surface area contributed by atoms with Crippen molar-refractivity contribution < 1.29 is 9.53 Å². The molecule has 2 rings (SSSR count). The van der Waals surface area contributed by atoms with Crippen LogP contribution in [-0.2, 0) is 16.0 Å². The minimum Gasteiger partial charge on any atom is -0.466 e. The summed E-state index contributed by atoms with van der Waals surface area (Å²) < 4.78 is 4.93. The molecule has 2 aromatic rings. The number of aromatic nitrogens is 2. The maximum Gasteiger partial charge on any atom is 0.306 e. The molecule has 0 N–H and O–H groups in total. The summed E-state index contributed by atoms with van der Waals surface area (Å²) >= 11 is 0. The van der Waals surface area contributed by atoms with Gasteiger partial charge in [-0.2, -0.15) is 0 Å². The Hall–Kier alpha value is -2.23. The number of carbonyl (C=O) groups excluding carboxylic acids is 1. The molecule has 0 bridgehead atoms.